The molecule has 33 heavy (non-hydrogen) atoms. The molecule has 0 atom stereocenters. The molecule has 164 valence electrons. The number of esters is 1. The number of carbonyl (C=O) groups is 2. The smallest absolute Gasteiger partial charge is 0.339 e. The first kappa shape index (κ1) is 21.6. The largest absolute Gasteiger partial charge is 0.452 e. The highest BCUT2D eigenvalue weighted by Crippen LogP contribution is 2.29. The summed E-state index contributed by atoms with van der Waals surface area (Å²) in [7, 11) is 0. The van der Waals surface area contributed by atoms with Crippen molar-refractivity contribution in [3.8, 4) is 11.8 Å². The molecule has 2 aromatic heterocycles. The maximum absolute atomic E-state index is 12.7. The molecule has 8 heteroatoms. The minimum absolute atomic E-state index is 0.0687. The van der Waals surface area contributed by atoms with Crippen molar-refractivity contribution in [2.24, 2.45) is 0 Å². The third-order valence-corrected chi connectivity index (χ3v) is 5.40. The summed E-state index contributed by atoms with van der Waals surface area (Å²) in [6.07, 6.45) is 0. The number of ether oxygens (including phenoxy) is 1. The Kier molecular flexibility index (Phi) is 5.79. The molecule has 0 unspecified atom stereocenters. The minimum atomic E-state index is -0.793. The number of aromatic amines is 1. The molecule has 0 saturated heterocycles. The molecule has 0 aliphatic carbocycles. The summed E-state index contributed by atoms with van der Waals surface area (Å²) in [5.74, 6) is -1.09. The van der Waals surface area contributed by atoms with Gasteiger partial charge in [0.2, 0.25) is 5.56 Å². The number of aromatic nitrogens is 2. The van der Waals surface area contributed by atoms with Crippen molar-refractivity contribution in [1.82, 2.24) is 9.55 Å². The topological polar surface area (TPSA) is 117 Å². The summed E-state index contributed by atoms with van der Waals surface area (Å²) in [6.45, 7) is 3.08. The molecule has 0 saturated carbocycles. The number of nitrogens with zero attached hydrogens (tertiary/aromatic N) is 2. The number of amides is 1. The van der Waals surface area contributed by atoms with E-state index in [1.807, 2.05) is 37.3 Å². The number of carbonyl (C=O) groups excluding carboxylic acids is 2. The van der Waals surface area contributed by atoms with Gasteiger partial charge < -0.3 is 15.0 Å². The first-order chi connectivity index (χ1) is 15.9. The predicted octanol–water partition coefficient (Wildman–Crippen LogP) is 3.60. The van der Waals surface area contributed by atoms with Crippen molar-refractivity contribution in [2.75, 3.05) is 11.9 Å². The molecule has 1 amide bonds. The van der Waals surface area contributed by atoms with Crippen molar-refractivity contribution >= 4 is 28.6 Å². The van der Waals surface area contributed by atoms with E-state index >= 15 is 0 Å². The summed E-state index contributed by atoms with van der Waals surface area (Å²) < 4.78 is 6.96. The van der Waals surface area contributed by atoms with Crippen LogP contribution in [0.2, 0.25) is 0 Å². The van der Waals surface area contributed by atoms with Gasteiger partial charge in [0.15, 0.2) is 6.61 Å². The van der Waals surface area contributed by atoms with Crippen LogP contribution in [0.15, 0.2) is 65.5 Å². The number of nitrogens with one attached hydrogen (secondary N) is 2. The van der Waals surface area contributed by atoms with Gasteiger partial charge in [-0.2, -0.15) is 5.26 Å². The predicted molar refractivity (Wildman–Crippen MR) is 123 cm³/mol. The SMILES string of the molecule is Cc1c(C#N)c(NC(=O)COC(=O)c2cc(=O)[nH]c3ccccc23)n(-c2ccccc2)c1C. The molecule has 0 aliphatic rings. The van der Waals surface area contributed by atoms with Gasteiger partial charge in [-0.05, 0) is 37.6 Å². The molecule has 4 aromatic rings. The Balaban J connectivity index is 1.57. The third kappa shape index (κ3) is 4.12. The fourth-order valence-corrected chi connectivity index (χ4v) is 3.71. The highest BCUT2D eigenvalue weighted by Gasteiger charge is 2.21. The van der Waals surface area contributed by atoms with E-state index in [4.69, 9.17) is 4.74 Å². The second-order valence-corrected chi connectivity index (χ2v) is 7.43. The molecular weight excluding hydrogens is 420 g/mol. The van der Waals surface area contributed by atoms with E-state index in [1.54, 1.807) is 35.8 Å². The maximum atomic E-state index is 12.7. The van der Waals surface area contributed by atoms with E-state index in [0.29, 0.717) is 22.3 Å². The zero-order valence-electron chi connectivity index (χ0n) is 18.0. The number of rotatable bonds is 5. The number of fused-ring (bicyclic) bond motifs is 1. The molecule has 2 N–H and O–H groups in total. The van der Waals surface area contributed by atoms with E-state index < -0.39 is 24.0 Å². The van der Waals surface area contributed by atoms with Gasteiger partial charge >= 0.3 is 5.97 Å². The molecule has 0 radical (unpaired) electrons. The Morgan fingerprint density at radius 2 is 1.79 bits per heavy atom. The van der Waals surface area contributed by atoms with Crippen LogP contribution in [-0.2, 0) is 9.53 Å². The molecule has 0 aliphatic heterocycles. The number of anilines is 1. The van der Waals surface area contributed by atoms with Gasteiger partial charge in [-0.1, -0.05) is 36.4 Å². The van der Waals surface area contributed by atoms with E-state index in [9.17, 15) is 19.6 Å². The van der Waals surface area contributed by atoms with Gasteiger partial charge in [0.05, 0.1) is 11.1 Å². The first-order valence-electron chi connectivity index (χ1n) is 10.2. The molecule has 0 bridgehead atoms. The van der Waals surface area contributed by atoms with Crippen molar-refractivity contribution in [3.63, 3.8) is 0 Å². The maximum Gasteiger partial charge on any atom is 0.339 e. The van der Waals surface area contributed by atoms with E-state index in [-0.39, 0.29) is 5.56 Å². The Morgan fingerprint density at radius 1 is 1.09 bits per heavy atom. The lowest BCUT2D eigenvalue weighted by molar-refractivity contribution is -0.119. The van der Waals surface area contributed by atoms with Gasteiger partial charge in [-0.3, -0.25) is 14.2 Å². The van der Waals surface area contributed by atoms with Crippen molar-refractivity contribution < 1.29 is 14.3 Å². The van der Waals surface area contributed by atoms with Crippen molar-refractivity contribution in [2.45, 2.75) is 13.8 Å². The van der Waals surface area contributed by atoms with Gasteiger partial charge in [0.25, 0.3) is 5.91 Å². The zero-order valence-corrected chi connectivity index (χ0v) is 18.0. The minimum Gasteiger partial charge on any atom is -0.452 e. The number of para-hydroxylation sites is 2. The van der Waals surface area contributed by atoms with Crippen LogP contribution in [0.5, 0.6) is 0 Å². The van der Waals surface area contributed by atoms with E-state index in [0.717, 1.165) is 23.0 Å². The van der Waals surface area contributed by atoms with Crippen LogP contribution in [0.1, 0.15) is 27.2 Å². The standard InChI is InChI=1S/C25H20N4O4/c1-15-16(2)29(17-8-4-3-5-9-17)24(20(15)13-26)28-23(31)14-33-25(32)19-12-22(30)27-21-11-7-6-10-18(19)21/h3-12H,14H2,1-2H3,(H,27,30)(H,28,31). The number of benzene rings is 2. The van der Waals surface area contributed by atoms with Crippen LogP contribution in [0.3, 0.4) is 0 Å². The molecule has 2 aromatic carbocycles. The monoisotopic (exact) mass is 440 g/mol. The van der Waals surface area contributed by atoms with E-state index in [2.05, 4.69) is 16.4 Å². The number of hydrogen-bond acceptors (Lipinski definition) is 5. The fraction of sp³-hybridized carbons (Fsp3) is 0.120. The normalized spacial score (nSPS) is 10.6. The number of nitriles is 1. The summed E-state index contributed by atoms with van der Waals surface area (Å²) in [5, 5.41) is 12.9. The highest BCUT2D eigenvalue weighted by atomic mass is 16.5. The average molecular weight is 440 g/mol. The lowest BCUT2D eigenvalue weighted by atomic mass is 10.1. The molecule has 2 heterocycles. The van der Waals surface area contributed by atoms with E-state index in [1.165, 1.54) is 0 Å². The number of H-pyrrole nitrogens is 1. The van der Waals surface area contributed by atoms with Crippen LogP contribution in [-0.4, -0.2) is 28.0 Å². The quantitative estimate of drug-likeness (QED) is 0.460. The van der Waals surface area contributed by atoms with Crippen LogP contribution >= 0.6 is 0 Å². The first-order valence-corrected chi connectivity index (χ1v) is 10.2. The van der Waals surface area contributed by atoms with Gasteiger partial charge in [0, 0.05) is 28.4 Å². The van der Waals surface area contributed by atoms with Crippen LogP contribution in [0.25, 0.3) is 16.6 Å². The second-order valence-electron chi connectivity index (χ2n) is 7.43. The average Bonchev–Trinajstić information content (AvgIpc) is 3.06. The van der Waals surface area contributed by atoms with Crippen molar-refractivity contribution in [1.29, 1.82) is 5.26 Å². The Labute approximate surface area is 189 Å². The third-order valence-electron chi connectivity index (χ3n) is 5.40. The molecule has 0 fully saturated rings. The van der Waals surface area contributed by atoms with Crippen LogP contribution in [0, 0.1) is 25.2 Å². The fourth-order valence-electron chi connectivity index (χ4n) is 3.71. The highest BCUT2D eigenvalue weighted by molar-refractivity contribution is 6.04. The molecule has 0 spiro atoms. The lowest BCUT2D eigenvalue weighted by Crippen LogP contribution is -2.23. The number of hydrogen-bond donors (Lipinski definition) is 2. The molecule has 4 rings (SSSR count). The Bertz CT molecular complexity index is 1480. The summed E-state index contributed by atoms with van der Waals surface area (Å²) >= 11 is 0. The summed E-state index contributed by atoms with van der Waals surface area (Å²) in [5.41, 5.74) is 2.77. The Hall–Kier alpha value is -4.64. The van der Waals surface area contributed by atoms with Crippen LogP contribution < -0.4 is 10.9 Å². The number of pyridine rings is 1. The van der Waals surface area contributed by atoms with Gasteiger partial charge in [-0.25, -0.2) is 4.79 Å². The summed E-state index contributed by atoms with van der Waals surface area (Å²) in [6, 6.07) is 19.4. The molecule has 8 nitrogen and oxygen atoms in total. The van der Waals surface area contributed by atoms with Crippen LogP contribution in [0.4, 0.5) is 5.82 Å². The van der Waals surface area contributed by atoms with Crippen molar-refractivity contribution in [3.05, 3.63) is 93.4 Å². The zero-order chi connectivity index (χ0) is 23.5. The summed E-state index contributed by atoms with van der Waals surface area (Å²) in [4.78, 5) is 39.8. The van der Waals surface area contributed by atoms with Gasteiger partial charge in [0.1, 0.15) is 11.9 Å². The second kappa shape index (κ2) is 8.85. The van der Waals surface area contributed by atoms with Gasteiger partial charge in [-0.15, -0.1) is 0 Å². The lowest BCUT2D eigenvalue weighted by Gasteiger charge is -2.13. The molecular formula is C25H20N4O4. The Morgan fingerprint density at radius 3 is 2.52 bits per heavy atom.